The Balaban J connectivity index is 1.77. The zero-order chi connectivity index (χ0) is 18.8. The van der Waals surface area contributed by atoms with Crippen LogP contribution in [0.1, 0.15) is 55.8 Å². The SMILES string of the molecule is CCC1CNCC1N(CC)c1nc(N)nc2c1CCCC2c1ccccc1. The lowest BCUT2D eigenvalue weighted by molar-refractivity contribution is 0.464. The van der Waals surface area contributed by atoms with Gasteiger partial charge in [0, 0.05) is 37.2 Å². The number of benzene rings is 1. The molecule has 2 aliphatic rings. The van der Waals surface area contributed by atoms with Gasteiger partial charge in [0.05, 0.1) is 5.69 Å². The second-order valence-corrected chi connectivity index (χ2v) is 7.80. The van der Waals surface area contributed by atoms with E-state index in [-0.39, 0.29) is 0 Å². The molecule has 1 aliphatic carbocycles. The molecule has 3 atom stereocenters. The largest absolute Gasteiger partial charge is 0.368 e. The van der Waals surface area contributed by atoms with Crippen molar-refractivity contribution < 1.29 is 0 Å². The van der Waals surface area contributed by atoms with E-state index >= 15 is 0 Å². The number of hydrogen-bond acceptors (Lipinski definition) is 5. The predicted molar refractivity (Wildman–Crippen MR) is 111 cm³/mol. The van der Waals surface area contributed by atoms with Crippen LogP contribution in [0.25, 0.3) is 0 Å². The minimum atomic E-state index is 0.321. The van der Waals surface area contributed by atoms with Crippen molar-refractivity contribution in [2.75, 3.05) is 30.3 Å². The highest BCUT2D eigenvalue weighted by Gasteiger charge is 2.34. The highest BCUT2D eigenvalue weighted by Crippen LogP contribution is 2.40. The Hall–Kier alpha value is -2.14. The second-order valence-electron chi connectivity index (χ2n) is 7.80. The second kappa shape index (κ2) is 7.85. The minimum Gasteiger partial charge on any atom is -0.368 e. The maximum absolute atomic E-state index is 6.22. The van der Waals surface area contributed by atoms with E-state index in [0.29, 0.717) is 23.8 Å². The summed E-state index contributed by atoms with van der Waals surface area (Å²) in [5.41, 5.74) is 10.0. The van der Waals surface area contributed by atoms with Crippen molar-refractivity contribution in [3.63, 3.8) is 0 Å². The third kappa shape index (κ3) is 3.41. The predicted octanol–water partition coefficient (Wildman–Crippen LogP) is 3.35. The molecule has 4 rings (SSSR count). The molecule has 0 spiro atoms. The number of fused-ring (bicyclic) bond motifs is 1. The molecule has 27 heavy (non-hydrogen) atoms. The monoisotopic (exact) mass is 365 g/mol. The molecule has 0 amide bonds. The summed E-state index contributed by atoms with van der Waals surface area (Å²) < 4.78 is 0. The van der Waals surface area contributed by atoms with Crippen molar-refractivity contribution in [3.8, 4) is 0 Å². The summed E-state index contributed by atoms with van der Waals surface area (Å²) in [4.78, 5) is 12.0. The molecule has 1 fully saturated rings. The Morgan fingerprint density at radius 2 is 1.96 bits per heavy atom. The molecule has 3 N–H and O–H groups in total. The average molecular weight is 366 g/mol. The van der Waals surface area contributed by atoms with E-state index in [9.17, 15) is 0 Å². The highest BCUT2D eigenvalue weighted by atomic mass is 15.3. The summed E-state index contributed by atoms with van der Waals surface area (Å²) in [7, 11) is 0. The molecule has 1 aliphatic heterocycles. The van der Waals surface area contributed by atoms with Gasteiger partial charge in [0.25, 0.3) is 0 Å². The van der Waals surface area contributed by atoms with Gasteiger partial charge >= 0.3 is 0 Å². The summed E-state index contributed by atoms with van der Waals surface area (Å²) >= 11 is 0. The van der Waals surface area contributed by atoms with Gasteiger partial charge in [-0.2, -0.15) is 4.98 Å². The van der Waals surface area contributed by atoms with E-state index < -0.39 is 0 Å². The number of anilines is 2. The quantitative estimate of drug-likeness (QED) is 0.850. The third-order valence-electron chi connectivity index (χ3n) is 6.33. The van der Waals surface area contributed by atoms with E-state index in [1.807, 2.05) is 0 Å². The number of aromatic nitrogens is 2. The van der Waals surface area contributed by atoms with Gasteiger partial charge < -0.3 is 16.0 Å². The van der Waals surface area contributed by atoms with Gasteiger partial charge in [-0.15, -0.1) is 0 Å². The van der Waals surface area contributed by atoms with Crippen LogP contribution in [0, 0.1) is 5.92 Å². The molecule has 2 heterocycles. The number of nitrogens with zero attached hydrogens (tertiary/aromatic N) is 3. The lowest BCUT2D eigenvalue weighted by atomic mass is 9.82. The van der Waals surface area contributed by atoms with Crippen LogP contribution in [-0.4, -0.2) is 35.6 Å². The zero-order valence-corrected chi connectivity index (χ0v) is 16.5. The number of nitrogen functional groups attached to an aromatic ring is 1. The first kappa shape index (κ1) is 18.2. The molecule has 0 saturated carbocycles. The van der Waals surface area contributed by atoms with Crippen LogP contribution in [0.3, 0.4) is 0 Å². The summed E-state index contributed by atoms with van der Waals surface area (Å²) in [5.74, 6) is 2.46. The molecule has 5 nitrogen and oxygen atoms in total. The molecule has 0 radical (unpaired) electrons. The Morgan fingerprint density at radius 1 is 1.15 bits per heavy atom. The normalized spacial score (nSPS) is 24.6. The van der Waals surface area contributed by atoms with E-state index in [4.69, 9.17) is 15.7 Å². The van der Waals surface area contributed by atoms with Gasteiger partial charge in [0.15, 0.2) is 0 Å². The van der Waals surface area contributed by atoms with Crippen molar-refractivity contribution in [2.24, 2.45) is 5.92 Å². The standard InChI is InChI=1S/C22H31N5/c1-3-15-13-24-14-19(15)27(4-2)21-18-12-8-11-17(16-9-6-5-7-10-16)20(18)25-22(23)26-21/h5-7,9-10,15,17,19,24H,3-4,8,11-14H2,1-2H3,(H2,23,25,26). The molecular formula is C22H31N5. The molecule has 1 saturated heterocycles. The van der Waals surface area contributed by atoms with Crippen molar-refractivity contribution >= 4 is 11.8 Å². The first-order valence-electron chi connectivity index (χ1n) is 10.4. The fraction of sp³-hybridized carbons (Fsp3) is 0.545. The highest BCUT2D eigenvalue weighted by molar-refractivity contribution is 5.56. The van der Waals surface area contributed by atoms with Crippen molar-refractivity contribution in [1.82, 2.24) is 15.3 Å². The van der Waals surface area contributed by atoms with Gasteiger partial charge in [-0.05, 0) is 37.7 Å². The van der Waals surface area contributed by atoms with Crippen molar-refractivity contribution in [2.45, 2.75) is 51.5 Å². The lowest BCUT2D eigenvalue weighted by Gasteiger charge is -2.36. The number of nitrogens with two attached hydrogens (primary N) is 1. The van der Waals surface area contributed by atoms with Gasteiger partial charge in [-0.25, -0.2) is 4.98 Å². The molecule has 2 aromatic rings. The van der Waals surface area contributed by atoms with Crippen LogP contribution in [0.2, 0.25) is 0 Å². The van der Waals surface area contributed by atoms with Gasteiger partial charge in [-0.1, -0.05) is 43.7 Å². The Bertz CT molecular complexity index is 776. The Labute approximate surface area is 162 Å². The minimum absolute atomic E-state index is 0.321. The summed E-state index contributed by atoms with van der Waals surface area (Å²) in [5, 5.41) is 3.57. The number of likely N-dealkylation sites (N-methyl/N-ethyl adjacent to an activating group) is 1. The lowest BCUT2D eigenvalue weighted by Crippen LogP contribution is -2.42. The topological polar surface area (TPSA) is 67.1 Å². The van der Waals surface area contributed by atoms with Gasteiger partial charge in [0.2, 0.25) is 5.95 Å². The van der Waals surface area contributed by atoms with E-state index in [2.05, 4.69) is 54.4 Å². The molecule has 3 unspecified atom stereocenters. The number of hydrogen-bond donors (Lipinski definition) is 2. The molecular weight excluding hydrogens is 334 g/mol. The average Bonchev–Trinajstić information content (AvgIpc) is 3.17. The van der Waals surface area contributed by atoms with E-state index in [1.165, 1.54) is 24.0 Å². The van der Waals surface area contributed by atoms with Crippen LogP contribution in [-0.2, 0) is 6.42 Å². The van der Waals surface area contributed by atoms with Gasteiger partial charge in [0.1, 0.15) is 5.82 Å². The fourth-order valence-corrected chi connectivity index (χ4v) is 4.94. The van der Waals surface area contributed by atoms with Crippen LogP contribution in [0.15, 0.2) is 30.3 Å². The van der Waals surface area contributed by atoms with Crippen LogP contribution in [0.4, 0.5) is 11.8 Å². The van der Waals surface area contributed by atoms with Crippen molar-refractivity contribution in [3.05, 3.63) is 47.2 Å². The molecule has 0 bridgehead atoms. The Kier molecular flexibility index (Phi) is 5.30. The maximum Gasteiger partial charge on any atom is 0.222 e. The molecule has 5 heteroatoms. The van der Waals surface area contributed by atoms with E-state index in [0.717, 1.165) is 44.0 Å². The molecule has 1 aromatic heterocycles. The first-order chi connectivity index (χ1) is 13.2. The maximum atomic E-state index is 6.22. The summed E-state index contributed by atoms with van der Waals surface area (Å²) in [6.45, 7) is 7.57. The Morgan fingerprint density at radius 3 is 2.70 bits per heavy atom. The fourth-order valence-electron chi connectivity index (χ4n) is 4.94. The molecule has 144 valence electrons. The first-order valence-corrected chi connectivity index (χ1v) is 10.4. The number of nitrogens with one attached hydrogen (secondary N) is 1. The van der Waals surface area contributed by atoms with Crippen LogP contribution < -0.4 is 16.0 Å². The van der Waals surface area contributed by atoms with Crippen molar-refractivity contribution in [1.29, 1.82) is 0 Å². The van der Waals surface area contributed by atoms with E-state index in [1.54, 1.807) is 0 Å². The van der Waals surface area contributed by atoms with Crippen LogP contribution >= 0.6 is 0 Å². The summed E-state index contributed by atoms with van der Waals surface area (Å²) in [6.07, 6.45) is 4.53. The summed E-state index contributed by atoms with van der Waals surface area (Å²) in [6, 6.07) is 11.2. The van der Waals surface area contributed by atoms with Gasteiger partial charge in [-0.3, -0.25) is 0 Å². The van der Waals surface area contributed by atoms with Crippen LogP contribution in [0.5, 0.6) is 0 Å². The zero-order valence-electron chi connectivity index (χ0n) is 16.5. The smallest absolute Gasteiger partial charge is 0.222 e. The third-order valence-corrected chi connectivity index (χ3v) is 6.33. The number of rotatable bonds is 5. The molecule has 1 aromatic carbocycles.